The fraction of sp³-hybridized carbons (Fsp3) is 0.231. The fourth-order valence-corrected chi connectivity index (χ4v) is 2.36. The summed E-state index contributed by atoms with van der Waals surface area (Å²) >= 11 is 1.52. The van der Waals surface area contributed by atoms with Crippen molar-refractivity contribution in [1.82, 2.24) is 14.5 Å². The zero-order valence-electron chi connectivity index (χ0n) is 10.5. The Morgan fingerprint density at radius 3 is 2.83 bits per heavy atom. The number of aromatic nitrogens is 2. The molecule has 0 amide bonds. The van der Waals surface area contributed by atoms with Gasteiger partial charge in [0.25, 0.3) is 0 Å². The third kappa shape index (κ3) is 2.92. The molecule has 0 atom stereocenters. The van der Waals surface area contributed by atoms with Crippen LogP contribution in [0.15, 0.2) is 43.0 Å². The maximum absolute atomic E-state index is 7.81. The van der Waals surface area contributed by atoms with Gasteiger partial charge in [0.15, 0.2) is 5.17 Å². The first kappa shape index (κ1) is 12.7. The number of rotatable bonds is 3. The molecule has 0 saturated carbocycles. The van der Waals surface area contributed by atoms with E-state index < -0.39 is 0 Å². The molecular weight excluding hydrogens is 244 g/mol. The summed E-state index contributed by atoms with van der Waals surface area (Å²) < 4.78 is 2.00. The summed E-state index contributed by atoms with van der Waals surface area (Å²) in [5.74, 6) is 0.783. The van der Waals surface area contributed by atoms with Crippen LogP contribution in [0.2, 0.25) is 0 Å². The number of hydrogen-bond donors (Lipinski definition) is 1. The van der Waals surface area contributed by atoms with E-state index in [0.717, 1.165) is 11.4 Å². The highest BCUT2D eigenvalue weighted by Gasteiger charge is 2.06. The van der Waals surface area contributed by atoms with Gasteiger partial charge in [-0.15, -0.1) is 0 Å². The number of nitrogens with one attached hydrogen (secondary N) is 1. The Balaban J connectivity index is 2.16. The van der Waals surface area contributed by atoms with E-state index in [-0.39, 0.29) is 0 Å². The van der Waals surface area contributed by atoms with Gasteiger partial charge in [-0.2, -0.15) is 0 Å². The molecule has 0 spiro atoms. The molecule has 2 aromatic rings. The molecule has 4 nitrogen and oxygen atoms in total. The van der Waals surface area contributed by atoms with Crippen LogP contribution in [-0.4, -0.2) is 33.7 Å². The molecule has 1 aromatic carbocycles. The minimum absolute atomic E-state index is 0.565. The van der Waals surface area contributed by atoms with E-state index >= 15 is 0 Å². The summed E-state index contributed by atoms with van der Waals surface area (Å²) in [6, 6.07) is 8.19. The normalized spacial score (nSPS) is 10.3. The molecule has 2 rings (SSSR count). The summed E-state index contributed by atoms with van der Waals surface area (Å²) in [6.07, 6.45) is 5.49. The molecule has 18 heavy (non-hydrogen) atoms. The van der Waals surface area contributed by atoms with Gasteiger partial charge >= 0.3 is 0 Å². The SMILES string of the molecule is CN(C)C(=N)SCc1ccccc1-n1ccnc1. The van der Waals surface area contributed by atoms with E-state index in [1.165, 1.54) is 17.3 Å². The van der Waals surface area contributed by atoms with Crippen LogP contribution in [0, 0.1) is 5.41 Å². The quantitative estimate of drug-likeness (QED) is 0.681. The van der Waals surface area contributed by atoms with Crippen LogP contribution < -0.4 is 0 Å². The second-order valence-electron chi connectivity index (χ2n) is 4.09. The monoisotopic (exact) mass is 260 g/mol. The lowest BCUT2D eigenvalue weighted by atomic mass is 10.2. The maximum Gasteiger partial charge on any atom is 0.156 e. The molecule has 1 heterocycles. The lowest BCUT2D eigenvalue weighted by molar-refractivity contribution is 0.632. The summed E-state index contributed by atoms with van der Waals surface area (Å²) in [4.78, 5) is 5.88. The molecule has 0 aliphatic heterocycles. The molecule has 94 valence electrons. The maximum atomic E-state index is 7.81. The van der Waals surface area contributed by atoms with Crippen molar-refractivity contribution < 1.29 is 0 Å². The Kier molecular flexibility index (Phi) is 4.04. The van der Waals surface area contributed by atoms with Crippen LogP contribution in [0.5, 0.6) is 0 Å². The second kappa shape index (κ2) is 5.73. The number of para-hydroxylation sites is 1. The topological polar surface area (TPSA) is 44.9 Å². The minimum atomic E-state index is 0.565. The Morgan fingerprint density at radius 2 is 2.17 bits per heavy atom. The van der Waals surface area contributed by atoms with Gasteiger partial charge in [-0.1, -0.05) is 30.0 Å². The van der Waals surface area contributed by atoms with Crippen molar-refractivity contribution in [2.45, 2.75) is 5.75 Å². The van der Waals surface area contributed by atoms with E-state index in [0.29, 0.717) is 5.17 Å². The van der Waals surface area contributed by atoms with Crippen LogP contribution in [0.3, 0.4) is 0 Å². The van der Waals surface area contributed by atoms with Gasteiger partial charge < -0.3 is 9.47 Å². The number of benzene rings is 1. The first-order chi connectivity index (χ1) is 8.68. The van der Waals surface area contributed by atoms with Crippen molar-refractivity contribution in [3.63, 3.8) is 0 Å². The summed E-state index contributed by atoms with van der Waals surface area (Å²) in [6.45, 7) is 0. The summed E-state index contributed by atoms with van der Waals surface area (Å²) in [7, 11) is 3.77. The molecule has 0 saturated heterocycles. The molecule has 0 bridgehead atoms. The number of hydrogen-bond acceptors (Lipinski definition) is 3. The molecule has 0 aliphatic carbocycles. The first-order valence-corrected chi connectivity index (χ1v) is 6.62. The lowest BCUT2D eigenvalue weighted by Gasteiger charge is -2.14. The highest BCUT2D eigenvalue weighted by molar-refractivity contribution is 8.13. The van der Waals surface area contributed by atoms with Crippen LogP contribution in [0.4, 0.5) is 0 Å². The standard InChI is InChI=1S/C13H16N4S/c1-16(2)13(14)18-9-11-5-3-4-6-12(11)17-8-7-15-10-17/h3-8,10,14H,9H2,1-2H3. The Hall–Kier alpha value is -1.75. The van der Waals surface area contributed by atoms with Crippen LogP contribution >= 0.6 is 11.8 Å². The van der Waals surface area contributed by atoms with E-state index in [1.807, 2.05) is 41.9 Å². The molecule has 5 heteroatoms. The van der Waals surface area contributed by atoms with Gasteiger partial charge in [0.2, 0.25) is 0 Å². The highest BCUT2D eigenvalue weighted by Crippen LogP contribution is 2.20. The minimum Gasteiger partial charge on any atom is -0.358 e. The van der Waals surface area contributed by atoms with Crippen molar-refractivity contribution in [2.24, 2.45) is 0 Å². The second-order valence-corrected chi connectivity index (χ2v) is 5.05. The molecule has 0 unspecified atom stereocenters. The van der Waals surface area contributed by atoms with E-state index in [9.17, 15) is 0 Å². The summed E-state index contributed by atoms with van der Waals surface area (Å²) in [5.41, 5.74) is 2.32. The van der Waals surface area contributed by atoms with Crippen LogP contribution in [0.1, 0.15) is 5.56 Å². The van der Waals surface area contributed by atoms with Gasteiger partial charge in [0, 0.05) is 32.2 Å². The van der Waals surface area contributed by atoms with E-state index in [4.69, 9.17) is 5.41 Å². The largest absolute Gasteiger partial charge is 0.358 e. The average Bonchev–Trinajstić information content (AvgIpc) is 2.89. The van der Waals surface area contributed by atoms with Gasteiger partial charge in [-0.3, -0.25) is 5.41 Å². The van der Waals surface area contributed by atoms with Crippen molar-refractivity contribution >= 4 is 16.9 Å². The predicted molar refractivity (Wildman–Crippen MR) is 76.3 cm³/mol. The summed E-state index contributed by atoms with van der Waals surface area (Å²) in [5, 5.41) is 8.37. The number of thioether (sulfide) groups is 1. The molecule has 0 radical (unpaired) electrons. The Labute approximate surface area is 111 Å². The number of amidine groups is 1. The Morgan fingerprint density at radius 1 is 1.39 bits per heavy atom. The zero-order valence-corrected chi connectivity index (χ0v) is 11.3. The fourth-order valence-electron chi connectivity index (χ4n) is 1.56. The van der Waals surface area contributed by atoms with Gasteiger partial charge in [-0.05, 0) is 11.6 Å². The van der Waals surface area contributed by atoms with Crippen molar-refractivity contribution in [3.8, 4) is 5.69 Å². The molecule has 1 N–H and O–H groups in total. The lowest BCUT2D eigenvalue weighted by Crippen LogP contribution is -2.17. The molecular formula is C13H16N4S. The molecule has 0 fully saturated rings. The highest BCUT2D eigenvalue weighted by atomic mass is 32.2. The van der Waals surface area contributed by atoms with Gasteiger partial charge in [-0.25, -0.2) is 4.98 Å². The molecule has 0 aliphatic rings. The van der Waals surface area contributed by atoms with Crippen LogP contribution in [0.25, 0.3) is 5.69 Å². The Bertz CT molecular complexity index is 520. The van der Waals surface area contributed by atoms with E-state index in [1.54, 1.807) is 12.5 Å². The zero-order chi connectivity index (χ0) is 13.0. The molecule has 1 aromatic heterocycles. The third-order valence-electron chi connectivity index (χ3n) is 2.54. The van der Waals surface area contributed by atoms with Gasteiger partial charge in [0.1, 0.15) is 0 Å². The van der Waals surface area contributed by atoms with Crippen molar-refractivity contribution in [2.75, 3.05) is 14.1 Å². The third-order valence-corrected chi connectivity index (χ3v) is 3.64. The number of imidazole rings is 1. The number of nitrogens with zero attached hydrogens (tertiary/aromatic N) is 3. The van der Waals surface area contributed by atoms with Crippen LogP contribution in [-0.2, 0) is 5.75 Å². The first-order valence-electron chi connectivity index (χ1n) is 5.63. The predicted octanol–water partition coefficient (Wildman–Crippen LogP) is 2.60. The van der Waals surface area contributed by atoms with E-state index in [2.05, 4.69) is 17.1 Å². The van der Waals surface area contributed by atoms with Gasteiger partial charge in [0.05, 0.1) is 12.0 Å². The smallest absolute Gasteiger partial charge is 0.156 e. The van der Waals surface area contributed by atoms with Crippen molar-refractivity contribution in [3.05, 3.63) is 48.5 Å². The van der Waals surface area contributed by atoms with Crippen molar-refractivity contribution in [1.29, 1.82) is 5.41 Å². The average molecular weight is 260 g/mol.